The van der Waals surface area contributed by atoms with E-state index in [4.69, 9.17) is 4.74 Å². The summed E-state index contributed by atoms with van der Waals surface area (Å²) in [6, 6.07) is 10.3. The second kappa shape index (κ2) is 7.34. The molecule has 1 saturated heterocycles. The summed E-state index contributed by atoms with van der Waals surface area (Å²) in [7, 11) is 0. The fourth-order valence-corrected chi connectivity index (χ4v) is 3.28. The van der Waals surface area contributed by atoms with Crippen LogP contribution in [0.1, 0.15) is 31.7 Å². The van der Waals surface area contributed by atoms with Gasteiger partial charge in [0.15, 0.2) is 0 Å². The van der Waals surface area contributed by atoms with Gasteiger partial charge >= 0.3 is 0 Å². The van der Waals surface area contributed by atoms with E-state index in [0.29, 0.717) is 32.1 Å². The Morgan fingerprint density at radius 3 is 2.33 bits per heavy atom. The maximum Gasteiger partial charge on any atom is 0.248 e. The van der Waals surface area contributed by atoms with Gasteiger partial charge in [0.05, 0.1) is 6.10 Å². The molecule has 2 amide bonds. The standard InChI is InChI=1S/C19H26N2O3/c1-14(2)24-13-18(22)20-8-10-21(11-9-20)19(23)17-12-16(17)15-6-4-3-5-7-15/h3-7,14,16-17H,8-13H2,1-2H3/t16-,17+/m0/s1. The van der Waals surface area contributed by atoms with Crippen LogP contribution in [0, 0.1) is 5.92 Å². The minimum Gasteiger partial charge on any atom is -0.369 e. The highest BCUT2D eigenvalue weighted by Crippen LogP contribution is 2.48. The molecular formula is C19H26N2O3. The first-order chi connectivity index (χ1) is 11.6. The third kappa shape index (κ3) is 3.96. The lowest BCUT2D eigenvalue weighted by atomic mass is 10.1. The minimum absolute atomic E-state index is 0.0179. The zero-order valence-electron chi connectivity index (χ0n) is 14.5. The van der Waals surface area contributed by atoms with Gasteiger partial charge in [-0.2, -0.15) is 0 Å². The molecule has 1 heterocycles. The Hall–Kier alpha value is -1.88. The Morgan fingerprint density at radius 1 is 1.08 bits per heavy atom. The van der Waals surface area contributed by atoms with Gasteiger partial charge in [0.25, 0.3) is 0 Å². The van der Waals surface area contributed by atoms with Crippen molar-refractivity contribution < 1.29 is 14.3 Å². The van der Waals surface area contributed by atoms with Crippen molar-refractivity contribution in [3.63, 3.8) is 0 Å². The number of benzene rings is 1. The monoisotopic (exact) mass is 330 g/mol. The highest BCUT2D eigenvalue weighted by atomic mass is 16.5. The SMILES string of the molecule is CC(C)OCC(=O)N1CCN(C(=O)[C@@H]2C[C@H]2c2ccccc2)CC1. The number of ether oxygens (including phenoxy) is 1. The number of carbonyl (C=O) groups excluding carboxylic acids is 2. The third-order valence-electron chi connectivity index (χ3n) is 4.82. The first kappa shape index (κ1) is 17.0. The number of hydrogen-bond donors (Lipinski definition) is 0. The molecule has 0 N–H and O–H groups in total. The van der Waals surface area contributed by atoms with Crippen molar-refractivity contribution in [1.82, 2.24) is 9.80 Å². The van der Waals surface area contributed by atoms with Gasteiger partial charge in [-0.15, -0.1) is 0 Å². The summed E-state index contributed by atoms with van der Waals surface area (Å²) in [4.78, 5) is 28.4. The van der Waals surface area contributed by atoms with E-state index in [0.717, 1.165) is 6.42 Å². The number of piperazine rings is 1. The molecule has 1 aliphatic carbocycles. The molecule has 5 heteroatoms. The van der Waals surface area contributed by atoms with Gasteiger partial charge in [0.2, 0.25) is 11.8 Å². The van der Waals surface area contributed by atoms with Crippen LogP contribution in [0.25, 0.3) is 0 Å². The lowest BCUT2D eigenvalue weighted by molar-refractivity contribution is -0.143. The Bertz CT molecular complexity index is 580. The summed E-state index contributed by atoms with van der Waals surface area (Å²) in [5, 5.41) is 0. The van der Waals surface area contributed by atoms with E-state index >= 15 is 0 Å². The number of amides is 2. The zero-order valence-corrected chi connectivity index (χ0v) is 14.5. The van der Waals surface area contributed by atoms with Crippen LogP contribution in [-0.2, 0) is 14.3 Å². The Morgan fingerprint density at radius 2 is 1.71 bits per heavy atom. The van der Waals surface area contributed by atoms with Crippen LogP contribution >= 0.6 is 0 Å². The summed E-state index contributed by atoms with van der Waals surface area (Å²) in [5.41, 5.74) is 1.26. The maximum atomic E-state index is 12.6. The fourth-order valence-electron chi connectivity index (χ4n) is 3.28. The molecule has 0 spiro atoms. The molecule has 1 aromatic rings. The number of nitrogens with zero attached hydrogens (tertiary/aromatic N) is 2. The molecule has 1 aliphatic heterocycles. The summed E-state index contributed by atoms with van der Waals surface area (Å²) < 4.78 is 5.37. The van der Waals surface area contributed by atoms with Crippen molar-refractivity contribution in [2.75, 3.05) is 32.8 Å². The molecule has 0 bridgehead atoms. The number of carbonyl (C=O) groups is 2. The quantitative estimate of drug-likeness (QED) is 0.828. The third-order valence-corrected chi connectivity index (χ3v) is 4.82. The first-order valence-electron chi connectivity index (χ1n) is 8.79. The largest absolute Gasteiger partial charge is 0.369 e. The molecule has 5 nitrogen and oxygen atoms in total. The zero-order chi connectivity index (χ0) is 17.1. The molecule has 24 heavy (non-hydrogen) atoms. The van der Waals surface area contributed by atoms with Crippen molar-refractivity contribution >= 4 is 11.8 Å². The van der Waals surface area contributed by atoms with E-state index in [-0.39, 0.29) is 30.4 Å². The lowest BCUT2D eigenvalue weighted by Gasteiger charge is -2.35. The average molecular weight is 330 g/mol. The summed E-state index contributed by atoms with van der Waals surface area (Å²) in [6.45, 7) is 6.44. The Balaban J connectivity index is 1.45. The van der Waals surface area contributed by atoms with E-state index in [1.165, 1.54) is 5.56 Å². The van der Waals surface area contributed by atoms with Gasteiger partial charge in [-0.3, -0.25) is 9.59 Å². The van der Waals surface area contributed by atoms with Gasteiger partial charge in [0, 0.05) is 32.1 Å². The van der Waals surface area contributed by atoms with Crippen LogP contribution < -0.4 is 0 Å². The van der Waals surface area contributed by atoms with Crippen LogP contribution in [0.2, 0.25) is 0 Å². The van der Waals surface area contributed by atoms with E-state index in [9.17, 15) is 9.59 Å². The van der Waals surface area contributed by atoms with Crippen LogP contribution in [0.15, 0.2) is 30.3 Å². The Labute approximate surface area is 143 Å². The molecule has 0 radical (unpaired) electrons. The van der Waals surface area contributed by atoms with Crippen LogP contribution in [-0.4, -0.2) is 60.5 Å². The van der Waals surface area contributed by atoms with Gasteiger partial charge in [0.1, 0.15) is 6.61 Å². The highest BCUT2D eigenvalue weighted by Gasteiger charge is 2.46. The second-order valence-electron chi connectivity index (χ2n) is 6.93. The van der Waals surface area contributed by atoms with Crippen molar-refractivity contribution in [1.29, 1.82) is 0 Å². The van der Waals surface area contributed by atoms with Gasteiger partial charge in [-0.25, -0.2) is 0 Å². The summed E-state index contributed by atoms with van der Waals surface area (Å²) >= 11 is 0. The van der Waals surface area contributed by atoms with Gasteiger partial charge in [-0.05, 0) is 31.7 Å². The van der Waals surface area contributed by atoms with Crippen LogP contribution in [0.3, 0.4) is 0 Å². The van der Waals surface area contributed by atoms with Crippen molar-refractivity contribution in [2.24, 2.45) is 5.92 Å². The van der Waals surface area contributed by atoms with Crippen molar-refractivity contribution in [3.8, 4) is 0 Å². The van der Waals surface area contributed by atoms with Crippen molar-refractivity contribution in [2.45, 2.75) is 32.3 Å². The normalized spacial score (nSPS) is 23.5. The van der Waals surface area contributed by atoms with E-state index < -0.39 is 0 Å². The highest BCUT2D eigenvalue weighted by molar-refractivity contribution is 5.83. The first-order valence-corrected chi connectivity index (χ1v) is 8.79. The summed E-state index contributed by atoms with van der Waals surface area (Å²) in [6.07, 6.45) is 1.01. The molecule has 1 aromatic carbocycles. The predicted molar refractivity (Wildman–Crippen MR) is 91.5 cm³/mol. The Kier molecular flexibility index (Phi) is 5.19. The minimum atomic E-state index is 0.0179. The predicted octanol–water partition coefficient (Wildman–Crippen LogP) is 1.89. The van der Waals surface area contributed by atoms with Crippen LogP contribution in [0.5, 0.6) is 0 Å². The molecule has 130 valence electrons. The average Bonchev–Trinajstić information content (AvgIpc) is 3.40. The second-order valence-corrected chi connectivity index (χ2v) is 6.93. The van der Waals surface area contributed by atoms with Crippen LogP contribution in [0.4, 0.5) is 0 Å². The molecule has 0 aromatic heterocycles. The summed E-state index contributed by atoms with van der Waals surface area (Å²) in [5.74, 6) is 0.760. The molecular weight excluding hydrogens is 304 g/mol. The van der Waals surface area contributed by atoms with E-state index in [1.54, 1.807) is 4.90 Å². The number of hydrogen-bond acceptors (Lipinski definition) is 3. The number of rotatable bonds is 5. The molecule has 2 fully saturated rings. The molecule has 2 atom stereocenters. The van der Waals surface area contributed by atoms with Crippen molar-refractivity contribution in [3.05, 3.63) is 35.9 Å². The molecule has 2 aliphatic rings. The van der Waals surface area contributed by atoms with E-state index in [1.807, 2.05) is 36.9 Å². The van der Waals surface area contributed by atoms with Gasteiger partial charge < -0.3 is 14.5 Å². The smallest absolute Gasteiger partial charge is 0.248 e. The van der Waals surface area contributed by atoms with E-state index in [2.05, 4.69) is 12.1 Å². The molecule has 1 saturated carbocycles. The molecule has 0 unspecified atom stereocenters. The fraction of sp³-hybridized carbons (Fsp3) is 0.579. The molecule has 3 rings (SSSR count). The van der Waals surface area contributed by atoms with Gasteiger partial charge in [-0.1, -0.05) is 30.3 Å². The maximum absolute atomic E-state index is 12.6. The lowest BCUT2D eigenvalue weighted by Crippen LogP contribution is -2.52. The topological polar surface area (TPSA) is 49.9 Å².